The number of nitrogens with zero attached hydrogens (tertiary/aromatic N) is 5. The molecule has 0 saturated heterocycles. The summed E-state index contributed by atoms with van der Waals surface area (Å²) in [6.45, 7) is 8.41. The monoisotopic (exact) mass is 699 g/mol. The van der Waals surface area contributed by atoms with Crippen LogP contribution in [-0.2, 0) is 0 Å². The van der Waals surface area contributed by atoms with Gasteiger partial charge in [0.15, 0.2) is 0 Å². The second kappa shape index (κ2) is 11.8. The summed E-state index contributed by atoms with van der Waals surface area (Å²) in [7, 11) is 0. The quantitative estimate of drug-likeness (QED) is 0.169. The molecule has 11 rings (SSSR count). The Balaban J connectivity index is 1.14. The lowest BCUT2D eigenvalue weighted by molar-refractivity contribution is 1.15. The summed E-state index contributed by atoms with van der Waals surface area (Å²) in [6, 6.07) is 63.6. The van der Waals surface area contributed by atoms with Gasteiger partial charge in [-0.15, -0.1) is 0 Å². The predicted octanol–water partition coefficient (Wildman–Crippen LogP) is 13.1. The number of fused-ring (bicyclic) bond motifs is 9. The molecule has 0 aliphatic carbocycles. The fraction of sp³-hybridized carbons (Fsp3) is 0. The van der Waals surface area contributed by atoms with Crippen molar-refractivity contribution in [1.82, 2.24) is 13.7 Å². The summed E-state index contributed by atoms with van der Waals surface area (Å²) in [6.07, 6.45) is 0. The van der Waals surface area contributed by atoms with E-state index in [9.17, 15) is 5.26 Å². The van der Waals surface area contributed by atoms with E-state index in [2.05, 4.69) is 164 Å². The van der Waals surface area contributed by atoms with Gasteiger partial charge in [-0.25, -0.2) is 4.85 Å². The van der Waals surface area contributed by atoms with Gasteiger partial charge in [-0.2, -0.15) is 5.26 Å². The smallest absolute Gasteiger partial charge is 0.211 e. The van der Waals surface area contributed by atoms with E-state index in [-0.39, 0.29) is 0 Å². The fourth-order valence-electron chi connectivity index (χ4n) is 8.74. The Labute approximate surface area is 316 Å². The molecule has 0 spiro atoms. The van der Waals surface area contributed by atoms with Crippen molar-refractivity contribution in [3.8, 4) is 34.3 Å². The number of hydrogen-bond donors (Lipinski definition) is 0. The van der Waals surface area contributed by atoms with Crippen molar-refractivity contribution in [2.24, 2.45) is 0 Å². The van der Waals surface area contributed by atoms with Crippen molar-refractivity contribution in [3.05, 3.63) is 193 Å². The van der Waals surface area contributed by atoms with Gasteiger partial charge in [0.25, 0.3) is 0 Å². The third kappa shape index (κ3) is 4.45. The fourth-order valence-corrected chi connectivity index (χ4v) is 8.74. The van der Waals surface area contributed by atoms with E-state index in [1.54, 1.807) is 0 Å². The van der Waals surface area contributed by atoms with Crippen LogP contribution in [0.25, 0.3) is 98.5 Å². The van der Waals surface area contributed by atoms with Crippen molar-refractivity contribution in [2.75, 3.05) is 0 Å². The molecule has 0 fully saturated rings. The molecule has 0 radical (unpaired) electrons. The molecule has 5 heteroatoms. The third-order valence-electron chi connectivity index (χ3n) is 11.1. The maximum atomic E-state index is 9.77. The highest BCUT2D eigenvalue weighted by molar-refractivity contribution is 6.13. The third-order valence-corrected chi connectivity index (χ3v) is 11.1. The molecule has 0 aliphatic rings. The van der Waals surface area contributed by atoms with E-state index < -0.39 is 0 Å². The summed E-state index contributed by atoms with van der Waals surface area (Å²) in [5.41, 5.74) is 12.5. The van der Waals surface area contributed by atoms with Gasteiger partial charge in [-0.3, -0.25) is 0 Å². The molecule has 5 nitrogen and oxygen atoms in total. The van der Waals surface area contributed by atoms with Gasteiger partial charge in [0.2, 0.25) is 5.69 Å². The van der Waals surface area contributed by atoms with E-state index in [0.717, 1.165) is 61.0 Å². The molecule has 0 atom stereocenters. The standard InChI is InChI=1S/C50H29N5/c1-52-42-29-33(23-27-48(42)55-47-21-11-6-15-38(47)40-25-22-32(31-51)28-49(40)55)35-12-2-7-17-43(35)54-46-20-10-5-16-39(46)41-26-24-34(30-50(41)54)53-44-18-8-3-13-36(44)37-14-4-9-19-45(37)53/h2-30H. The molecule has 254 valence electrons. The summed E-state index contributed by atoms with van der Waals surface area (Å²) < 4.78 is 6.86. The van der Waals surface area contributed by atoms with Crippen molar-refractivity contribution in [1.29, 1.82) is 5.26 Å². The summed E-state index contributed by atoms with van der Waals surface area (Å²) in [5.74, 6) is 0. The molecule has 0 unspecified atom stereocenters. The zero-order valence-corrected chi connectivity index (χ0v) is 29.5. The highest BCUT2D eigenvalue weighted by Gasteiger charge is 2.20. The Bertz CT molecular complexity index is 3420. The van der Waals surface area contributed by atoms with Crippen LogP contribution in [0.3, 0.4) is 0 Å². The molecule has 11 aromatic rings. The summed E-state index contributed by atoms with van der Waals surface area (Å²) in [5, 5.41) is 16.7. The molecule has 3 aromatic heterocycles. The minimum absolute atomic E-state index is 0.535. The van der Waals surface area contributed by atoms with Gasteiger partial charge in [-0.05, 0) is 72.3 Å². The summed E-state index contributed by atoms with van der Waals surface area (Å²) >= 11 is 0. The first-order valence-electron chi connectivity index (χ1n) is 18.3. The molecule has 3 heterocycles. The lowest BCUT2D eigenvalue weighted by atomic mass is 10.0. The van der Waals surface area contributed by atoms with Gasteiger partial charge < -0.3 is 13.7 Å². The first-order chi connectivity index (χ1) is 27.2. The summed E-state index contributed by atoms with van der Waals surface area (Å²) in [4.78, 5) is 4.11. The number of hydrogen-bond acceptors (Lipinski definition) is 1. The second-order valence-corrected chi connectivity index (χ2v) is 14.0. The maximum Gasteiger partial charge on any atom is 0.211 e. The molecule has 8 aromatic carbocycles. The lowest BCUT2D eigenvalue weighted by Crippen LogP contribution is -1.99. The topological polar surface area (TPSA) is 42.9 Å². The minimum Gasteiger partial charge on any atom is -0.319 e. The molecular weight excluding hydrogens is 671 g/mol. The van der Waals surface area contributed by atoms with Crippen molar-refractivity contribution >= 4 is 71.1 Å². The number of para-hydroxylation sites is 5. The van der Waals surface area contributed by atoms with E-state index in [4.69, 9.17) is 6.57 Å². The van der Waals surface area contributed by atoms with Gasteiger partial charge in [0.1, 0.15) is 0 Å². The first kappa shape index (κ1) is 30.7. The van der Waals surface area contributed by atoms with Gasteiger partial charge in [0.05, 0.1) is 62.7 Å². The highest BCUT2D eigenvalue weighted by Crippen LogP contribution is 2.42. The van der Waals surface area contributed by atoms with E-state index in [1.807, 2.05) is 36.4 Å². The van der Waals surface area contributed by atoms with E-state index >= 15 is 0 Å². The number of rotatable bonds is 4. The Hall–Kier alpha value is -7.86. The highest BCUT2D eigenvalue weighted by atomic mass is 15.0. The van der Waals surface area contributed by atoms with Crippen LogP contribution in [0.15, 0.2) is 176 Å². The Morgan fingerprint density at radius 3 is 1.51 bits per heavy atom. The predicted molar refractivity (Wildman–Crippen MR) is 226 cm³/mol. The first-order valence-corrected chi connectivity index (χ1v) is 18.3. The SMILES string of the molecule is [C-]#[N+]c1cc(-c2ccccc2-n2c3ccccc3c3ccc(-n4c5ccccc5c5ccccc54)cc32)ccc1-n1c2ccccc2c2ccc(C#N)cc21. The molecular formula is C50H29N5. The molecule has 55 heavy (non-hydrogen) atoms. The van der Waals surface area contributed by atoms with Crippen LogP contribution in [0.5, 0.6) is 0 Å². The molecule has 0 amide bonds. The molecule has 0 N–H and O–H groups in total. The van der Waals surface area contributed by atoms with Crippen molar-refractivity contribution in [2.45, 2.75) is 0 Å². The average Bonchev–Trinajstić information content (AvgIpc) is 3.88. The minimum atomic E-state index is 0.535. The van der Waals surface area contributed by atoms with Crippen LogP contribution < -0.4 is 0 Å². The van der Waals surface area contributed by atoms with Crippen LogP contribution in [0, 0.1) is 17.9 Å². The normalized spacial score (nSPS) is 11.6. The van der Waals surface area contributed by atoms with E-state index in [0.29, 0.717) is 11.3 Å². The largest absolute Gasteiger partial charge is 0.319 e. The van der Waals surface area contributed by atoms with Crippen LogP contribution in [0.1, 0.15) is 5.56 Å². The zero-order chi connectivity index (χ0) is 36.6. The van der Waals surface area contributed by atoms with Gasteiger partial charge >= 0.3 is 0 Å². The van der Waals surface area contributed by atoms with Crippen LogP contribution in [-0.4, -0.2) is 13.7 Å². The number of nitriles is 1. The Kier molecular flexibility index (Phi) is 6.61. The lowest BCUT2D eigenvalue weighted by Gasteiger charge is -2.16. The number of benzene rings is 8. The Morgan fingerprint density at radius 2 is 0.909 bits per heavy atom. The molecule has 0 bridgehead atoms. The van der Waals surface area contributed by atoms with Crippen molar-refractivity contribution < 1.29 is 0 Å². The van der Waals surface area contributed by atoms with Gasteiger partial charge in [-0.1, -0.05) is 109 Å². The average molecular weight is 700 g/mol. The number of aromatic nitrogens is 3. The second-order valence-electron chi connectivity index (χ2n) is 14.0. The Morgan fingerprint density at radius 1 is 0.418 bits per heavy atom. The molecule has 0 aliphatic heterocycles. The molecule has 0 saturated carbocycles. The van der Waals surface area contributed by atoms with Crippen molar-refractivity contribution in [3.63, 3.8) is 0 Å². The zero-order valence-electron chi connectivity index (χ0n) is 29.5. The van der Waals surface area contributed by atoms with Crippen LogP contribution in [0.2, 0.25) is 0 Å². The van der Waals surface area contributed by atoms with Gasteiger partial charge in [0, 0.05) is 43.6 Å². The maximum absolute atomic E-state index is 9.77. The van der Waals surface area contributed by atoms with E-state index in [1.165, 1.54) is 32.6 Å². The van der Waals surface area contributed by atoms with Crippen LogP contribution in [0.4, 0.5) is 5.69 Å². The van der Waals surface area contributed by atoms with Crippen LogP contribution >= 0.6 is 0 Å².